The van der Waals surface area contributed by atoms with Crippen molar-refractivity contribution >= 4 is 17.3 Å². The lowest BCUT2D eigenvalue weighted by Gasteiger charge is -2.11. The van der Waals surface area contributed by atoms with Crippen LogP contribution in [-0.4, -0.2) is 24.0 Å². The fourth-order valence-corrected chi connectivity index (χ4v) is 3.31. The van der Waals surface area contributed by atoms with Gasteiger partial charge in [0, 0.05) is 24.2 Å². The maximum atomic E-state index is 5.78. The number of benzene rings is 1. The first kappa shape index (κ1) is 19.9. The maximum absolute atomic E-state index is 5.78. The van der Waals surface area contributed by atoms with E-state index in [4.69, 9.17) is 4.74 Å². The van der Waals surface area contributed by atoms with Gasteiger partial charge in [0.25, 0.3) is 0 Å². The Bertz CT molecular complexity index is 833. The molecule has 3 rings (SSSR count). The fourth-order valence-electron chi connectivity index (χ4n) is 2.60. The van der Waals surface area contributed by atoms with E-state index in [1.807, 2.05) is 42.5 Å². The molecule has 2 heterocycles. The van der Waals surface area contributed by atoms with E-state index in [0.29, 0.717) is 13.2 Å². The molecule has 2 N–H and O–H groups in total. The number of hydrogen-bond acceptors (Lipinski definition) is 4. The van der Waals surface area contributed by atoms with Crippen molar-refractivity contribution in [3.8, 4) is 5.75 Å². The van der Waals surface area contributed by atoms with Crippen molar-refractivity contribution in [1.29, 1.82) is 0 Å². The summed E-state index contributed by atoms with van der Waals surface area (Å²) in [4.78, 5) is 10.3. The molecule has 3 aromatic rings. The van der Waals surface area contributed by atoms with Gasteiger partial charge in [-0.15, -0.1) is 11.3 Å². The summed E-state index contributed by atoms with van der Waals surface area (Å²) in [5.41, 5.74) is 2.06. The molecule has 0 atom stereocenters. The second-order valence-electron chi connectivity index (χ2n) is 6.21. The van der Waals surface area contributed by atoms with Gasteiger partial charge in [0.1, 0.15) is 12.4 Å². The van der Waals surface area contributed by atoms with E-state index < -0.39 is 0 Å². The number of nitrogens with zero attached hydrogens (tertiary/aromatic N) is 2. The van der Waals surface area contributed by atoms with Crippen molar-refractivity contribution in [2.45, 2.75) is 26.5 Å². The van der Waals surface area contributed by atoms with E-state index in [2.05, 4.69) is 45.0 Å². The lowest BCUT2D eigenvalue weighted by atomic mass is 10.2. The highest BCUT2D eigenvalue weighted by Crippen LogP contribution is 2.14. The van der Waals surface area contributed by atoms with E-state index in [-0.39, 0.29) is 0 Å². The first-order valence-corrected chi connectivity index (χ1v) is 10.4. The number of nitrogens with one attached hydrogen (secondary N) is 2. The SMILES string of the molecule is CCNC(=NCc1ccc(OCc2ccccn2)cc1)NCCc1cccs1. The van der Waals surface area contributed by atoms with E-state index in [1.54, 1.807) is 17.5 Å². The second-order valence-corrected chi connectivity index (χ2v) is 7.24. The Labute approximate surface area is 170 Å². The number of guanidine groups is 1. The van der Waals surface area contributed by atoms with Crippen LogP contribution >= 0.6 is 11.3 Å². The average molecular weight is 395 g/mol. The molecule has 0 spiro atoms. The third-order valence-corrected chi connectivity index (χ3v) is 4.98. The molecule has 6 heteroatoms. The zero-order valence-corrected chi connectivity index (χ0v) is 16.9. The minimum atomic E-state index is 0.469. The van der Waals surface area contributed by atoms with Gasteiger partial charge < -0.3 is 15.4 Å². The van der Waals surface area contributed by atoms with Gasteiger partial charge in [-0.05, 0) is 54.6 Å². The van der Waals surface area contributed by atoms with Crippen LogP contribution in [0, 0.1) is 0 Å². The first-order chi connectivity index (χ1) is 13.8. The van der Waals surface area contributed by atoms with E-state index in [0.717, 1.165) is 42.5 Å². The van der Waals surface area contributed by atoms with Crippen molar-refractivity contribution in [2.75, 3.05) is 13.1 Å². The van der Waals surface area contributed by atoms with Gasteiger partial charge in [-0.3, -0.25) is 4.98 Å². The molecule has 146 valence electrons. The van der Waals surface area contributed by atoms with Gasteiger partial charge in [0.2, 0.25) is 0 Å². The lowest BCUT2D eigenvalue weighted by molar-refractivity contribution is 0.301. The normalized spacial score (nSPS) is 11.2. The Kier molecular flexibility index (Phi) is 7.88. The lowest BCUT2D eigenvalue weighted by Crippen LogP contribution is -2.38. The van der Waals surface area contributed by atoms with Crippen LogP contribution in [0.1, 0.15) is 23.1 Å². The number of pyridine rings is 1. The topological polar surface area (TPSA) is 58.5 Å². The summed E-state index contributed by atoms with van der Waals surface area (Å²) >= 11 is 1.79. The monoisotopic (exact) mass is 394 g/mol. The zero-order chi connectivity index (χ0) is 19.4. The smallest absolute Gasteiger partial charge is 0.191 e. The molecule has 0 saturated heterocycles. The van der Waals surface area contributed by atoms with Gasteiger partial charge in [-0.2, -0.15) is 0 Å². The Balaban J connectivity index is 1.47. The molecule has 0 aliphatic carbocycles. The van der Waals surface area contributed by atoms with Gasteiger partial charge >= 0.3 is 0 Å². The number of rotatable bonds is 9. The Morgan fingerprint density at radius 2 is 1.96 bits per heavy atom. The number of aromatic nitrogens is 1. The molecule has 0 unspecified atom stereocenters. The second kappa shape index (κ2) is 11.1. The van der Waals surface area contributed by atoms with Crippen LogP contribution in [-0.2, 0) is 19.6 Å². The van der Waals surface area contributed by atoms with Crippen LogP contribution in [0.25, 0.3) is 0 Å². The van der Waals surface area contributed by atoms with Gasteiger partial charge in [-0.25, -0.2) is 4.99 Å². The van der Waals surface area contributed by atoms with Crippen LogP contribution in [0.3, 0.4) is 0 Å². The summed E-state index contributed by atoms with van der Waals surface area (Å²) in [5.74, 6) is 1.67. The fraction of sp³-hybridized carbons (Fsp3) is 0.273. The number of aliphatic imine (C=N–C) groups is 1. The third kappa shape index (κ3) is 6.70. The van der Waals surface area contributed by atoms with Crippen LogP contribution in [0.2, 0.25) is 0 Å². The largest absolute Gasteiger partial charge is 0.487 e. The summed E-state index contributed by atoms with van der Waals surface area (Å²) in [6.07, 6.45) is 2.78. The van der Waals surface area contributed by atoms with Gasteiger partial charge in [-0.1, -0.05) is 24.3 Å². The average Bonchev–Trinajstić information content (AvgIpc) is 3.25. The zero-order valence-electron chi connectivity index (χ0n) is 16.1. The highest BCUT2D eigenvalue weighted by Gasteiger charge is 2.00. The number of ether oxygens (including phenoxy) is 1. The molecule has 0 aliphatic rings. The van der Waals surface area contributed by atoms with Crippen LogP contribution in [0.5, 0.6) is 5.75 Å². The quantitative estimate of drug-likeness (QED) is 0.425. The molecule has 2 aromatic heterocycles. The Morgan fingerprint density at radius 1 is 1.07 bits per heavy atom. The van der Waals surface area contributed by atoms with Crippen LogP contribution in [0.15, 0.2) is 71.2 Å². The molecule has 0 radical (unpaired) electrons. The van der Waals surface area contributed by atoms with Crippen LogP contribution < -0.4 is 15.4 Å². The van der Waals surface area contributed by atoms with Gasteiger partial charge in [0.15, 0.2) is 5.96 Å². The maximum Gasteiger partial charge on any atom is 0.191 e. The third-order valence-electron chi connectivity index (χ3n) is 4.04. The van der Waals surface area contributed by atoms with Crippen molar-refractivity contribution in [1.82, 2.24) is 15.6 Å². The van der Waals surface area contributed by atoms with Crippen molar-refractivity contribution in [3.63, 3.8) is 0 Å². The first-order valence-electron chi connectivity index (χ1n) is 9.49. The van der Waals surface area contributed by atoms with Crippen molar-refractivity contribution in [2.24, 2.45) is 4.99 Å². The highest BCUT2D eigenvalue weighted by atomic mass is 32.1. The molecular weight excluding hydrogens is 368 g/mol. The Morgan fingerprint density at radius 3 is 2.68 bits per heavy atom. The minimum absolute atomic E-state index is 0.469. The number of thiophene rings is 1. The summed E-state index contributed by atoms with van der Waals surface area (Å²) in [6.45, 7) is 4.87. The summed E-state index contributed by atoms with van der Waals surface area (Å²) in [7, 11) is 0. The highest BCUT2D eigenvalue weighted by molar-refractivity contribution is 7.09. The molecule has 1 aromatic carbocycles. The minimum Gasteiger partial charge on any atom is -0.487 e. The van der Waals surface area contributed by atoms with E-state index in [9.17, 15) is 0 Å². The predicted molar refractivity (Wildman–Crippen MR) is 116 cm³/mol. The molecule has 28 heavy (non-hydrogen) atoms. The van der Waals surface area contributed by atoms with E-state index in [1.165, 1.54) is 4.88 Å². The molecule has 0 fully saturated rings. The van der Waals surface area contributed by atoms with Crippen LogP contribution in [0.4, 0.5) is 0 Å². The van der Waals surface area contributed by atoms with Crippen molar-refractivity contribution < 1.29 is 4.74 Å². The Hall–Kier alpha value is -2.86. The van der Waals surface area contributed by atoms with Gasteiger partial charge in [0.05, 0.1) is 12.2 Å². The standard InChI is InChI=1S/C22H26N4OS/c1-2-23-22(25-14-12-21-7-5-15-28-21)26-16-18-8-10-20(11-9-18)27-17-19-6-3-4-13-24-19/h3-11,13,15H,2,12,14,16-17H2,1H3,(H2,23,25,26). The number of hydrogen-bond donors (Lipinski definition) is 2. The summed E-state index contributed by atoms with van der Waals surface area (Å²) in [6, 6.07) is 18.1. The van der Waals surface area contributed by atoms with Crippen molar-refractivity contribution in [3.05, 3.63) is 82.3 Å². The molecular formula is C22H26N4OS. The molecule has 0 saturated carbocycles. The predicted octanol–water partition coefficient (Wildman–Crippen LogP) is 4.02. The molecule has 5 nitrogen and oxygen atoms in total. The van der Waals surface area contributed by atoms with E-state index >= 15 is 0 Å². The summed E-state index contributed by atoms with van der Waals surface area (Å²) < 4.78 is 5.78. The molecule has 0 aliphatic heterocycles. The molecule has 0 bridgehead atoms. The summed E-state index contributed by atoms with van der Waals surface area (Å²) in [5, 5.41) is 8.80. The molecule has 0 amide bonds.